The summed E-state index contributed by atoms with van der Waals surface area (Å²) in [5, 5.41) is 24.0. The third-order valence-electron chi connectivity index (χ3n) is 2.47. The molecule has 0 amide bonds. The zero-order chi connectivity index (χ0) is 13.7. The molecule has 6 heteroatoms. The van der Waals surface area contributed by atoms with Crippen LogP contribution in [0.3, 0.4) is 0 Å². The summed E-state index contributed by atoms with van der Waals surface area (Å²) in [4.78, 5) is 0. The molecule has 0 aliphatic rings. The largest absolute Gasteiger partial charge is 0.279 e. The van der Waals surface area contributed by atoms with Crippen LogP contribution in [0.5, 0.6) is 0 Å². The molecular weight excluding hydrogens is 228 g/mol. The number of nitrogens with zero attached hydrogens (tertiary/aromatic N) is 3. The van der Waals surface area contributed by atoms with Crippen LogP contribution in [0.1, 0.15) is 0 Å². The summed E-state index contributed by atoms with van der Waals surface area (Å²) in [6.07, 6.45) is 4.86. The first-order chi connectivity index (χ1) is 8.58. The lowest BCUT2D eigenvalue weighted by Crippen LogP contribution is -2.54. The van der Waals surface area contributed by atoms with Crippen LogP contribution in [0, 0.1) is 16.2 Å². The van der Waals surface area contributed by atoms with Crippen molar-refractivity contribution in [2.24, 2.45) is 0 Å². The van der Waals surface area contributed by atoms with Gasteiger partial charge < -0.3 is 0 Å². The van der Waals surface area contributed by atoms with E-state index in [1.807, 2.05) is 0 Å². The summed E-state index contributed by atoms with van der Waals surface area (Å²) in [6.45, 7) is 11.9. The van der Waals surface area contributed by atoms with Crippen molar-refractivity contribution < 1.29 is 0 Å². The van der Waals surface area contributed by atoms with Crippen molar-refractivity contribution in [3.05, 3.63) is 54.8 Å². The Balaban J connectivity index is 3.74. The predicted octanol–water partition coefficient (Wildman–Crippen LogP) is 0.0875. The number of hydrogen-bond acceptors (Lipinski definition) is 3. The minimum atomic E-state index is 0.0881. The molecule has 3 N–H and O–H groups in total. The molecule has 0 bridgehead atoms. The number of hydrogen-bond donors (Lipinski definition) is 3. The van der Waals surface area contributed by atoms with Crippen LogP contribution in [0.4, 0.5) is 0 Å². The zero-order valence-electron chi connectivity index (χ0n) is 10.3. The molecule has 0 aliphatic heterocycles. The summed E-state index contributed by atoms with van der Waals surface area (Å²) >= 11 is 0. The first-order valence-corrected chi connectivity index (χ1v) is 5.49. The second-order valence-corrected chi connectivity index (χ2v) is 3.67. The molecule has 1 heterocycles. The van der Waals surface area contributed by atoms with E-state index in [1.54, 1.807) is 18.2 Å². The van der Waals surface area contributed by atoms with E-state index in [1.165, 1.54) is 13.7 Å². The lowest BCUT2D eigenvalue weighted by molar-refractivity contribution is 0.453. The van der Waals surface area contributed by atoms with Gasteiger partial charge in [0.1, 0.15) is 0 Å². The van der Waals surface area contributed by atoms with Crippen LogP contribution in [0.15, 0.2) is 38.0 Å². The van der Waals surface area contributed by atoms with Crippen LogP contribution in [0.25, 0.3) is 0 Å². The first-order valence-electron chi connectivity index (χ1n) is 5.49. The second-order valence-electron chi connectivity index (χ2n) is 3.67. The van der Waals surface area contributed by atoms with Crippen molar-refractivity contribution >= 4 is 0 Å². The highest BCUT2D eigenvalue weighted by molar-refractivity contribution is 4.82. The molecule has 0 aliphatic carbocycles. The molecule has 0 aromatic carbocycles. The van der Waals surface area contributed by atoms with E-state index in [2.05, 4.69) is 19.7 Å². The fourth-order valence-electron chi connectivity index (χ4n) is 1.64. The van der Waals surface area contributed by atoms with Crippen LogP contribution >= 0.6 is 0 Å². The number of nitrogens with one attached hydrogen (secondary N) is 3. The highest BCUT2D eigenvalue weighted by atomic mass is 15.3. The zero-order valence-corrected chi connectivity index (χ0v) is 10.3. The molecule has 0 spiro atoms. The predicted molar refractivity (Wildman–Crippen MR) is 68.6 cm³/mol. The molecule has 1 aromatic heterocycles. The summed E-state index contributed by atoms with van der Waals surface area (Å²) < 4.78 is 4.41. The number of aromatic nitrogens is 3. The molecule has 0 saturated heterocycles. The molecule has 18 heavy (non-hydrogen) atoms. The molecule has 96 valence electrons. The summed E-state index contributed by atoms with van der Waals surface area (Å²) in [5.41, 5.74) is 0.264. The Kier molecular flexibility index (Phi) is 4.42. The molecule has 1 aromatic rings. The van der Waals surface area contributed by atoms with Crippen molar-refractivity contribution in [3.63, 3.8) is 0 Å². The molecule has 0 atom stereocenters. The van der Waals surface area contributed by atoms with Gasteiger partial charge in [-0.15, -0.1) is 19.7 Å². The standard InChI is InChI=1S/C12H18N6/c1-4-7-16-10(13)17(8-5-2)12(15)18(9-6-3)11(16)14/h4-6,13-15H,1-3,7-9H2. The van der Waals surface area contributed by atoms with Crippen LogP contribution in [-0.4, -0.2) is 13.7 Å². The van der Waals surface area contributed by atoms with Gasteiger partial charge in [-0.3, -0.25) is 29.9 Å². The van der Waals surface area contributed by atoms with E-state index in [0.717, 1.165) is 0 Å². The van der Waals surface area contributed by atoms with Crippen molar-refractivity contribution in [2.75, 3.05) is 0 Å². The Hall–Kier alpha value is -2.37. The highest BCUT2D eigenvalue weighted by Crippen LogP contribution is 1.79. The van der Waals surface area contributed by atoms with Crippen LogP contribution in [0.2, 0.25) is 0 Å². The second kappa shape index (κ2) is 5.81. The van der Waals surface area contributed by atoms with Gasteiger partial charge in [-0.05, 0) is 0 Å². The van der Waals surface area contributed by atoms with Gasteiger partial charge in [0.2, 0.25) is 16.9 Å². The summed E-state index contributed by atoms with van der Waals surface area (Å²) in [6, 6.07) is 0. The average Bonchev–Trinajstić information content (AvgIpc) is 2.35. The normalized spacial score (nSPS) is 10.0. The Labute approximate surface area is 105 Å². The van der Waals surface area contributed by atoms with E-state index in [4.69, 9.17) is 16.2 Å². The van der Waals surface area contributed by atoms with Gasteiger partial charge in [0.05, 0.1) is 0 Å². The molecule has 0 unspecified atom stereocenters. The quantitative estimate of drug-likeness (QED) is 0.594. The minimum Gasteiger partial charge on any atom is -0.279 e. The van der Waals surface area contributed by atoms with E-state index < -0.39 is 0 Å². The third-order valence-corrected chi connectivity index (χ3v) is 2.47. The molecule has 0 fully saturated rings. The smallest absolute Gasteiger partial charge is 0.208 e. The van der Waals surface area contributed by atoms with Gasteiger partial charge >= 0.3 is 0 Å². The fourth-order valence-corrected chi connectivity index (χ4v) is 1.64. The molecule has 6 nitrogen and oxygen atoms in total. The van der Waals surface area contributed by atoms with Crippen LogP contribution in [-0.2, 0) is 19.6 Å². The molecule has 0 saturated carbocycles. The van der Waals surface area contributed by atoms with Gasteiger partial charge in [-0.25, -0.2) is 0 Å². The number of rotatable bonds is 6. The van der Waals surface area contributed by atoms with Crippen molar-refractivity contribution in [1.29, 1.82) is 16.2 Å². The van der Waals surface area contributed by atoms with E-state index in [0.29, 0.717) is 19.6 Å². The molecule has 0 radical (unpaired) electrons. The highest BCUT2D eigenvalue weighted by Gasteiger charge is 2.06. The third kappa shape index (κ3) is 2.32. The average molecular weight is 246 g/mol. The lowest BCUT2D eigenvalue weighted by Gasteiger charge is -2.15. The maximum atomic E-state index is 8.01. The summed E-state index contributed by atoms with van der Waals surface area (Å²) in [5.74, 6) is 0. The SMILES string of the molecule is C=CCn1c(=N)n(CC=C)c(=N)n(CC=C)c1=N. The summed E-state index contributed by atoms with van der Waals surface area (Å²) in [7, 11) is 0. The topological polar surface area (TPSA) is 86.3 Å². The van der Waals surface area contributed by atoms with Gasteiger partial charge in [-0.2, -0.15) is 0 Å². The molecular formula is C12H18N6. The van der Waals surface area contributed by atoms with Crippen molar-refractivity contribution in [3.8, 4) is 0 Å². The fraction of sp³-hybridized carbons (Fsp3) is 0.250. The van der Waals surface area contributed by atoms with Gasteiger partial charge in [0, 0.05) is 19.6 Å². The van der Waals surface area contributed by atoms with E-state index >= 15 is 0 Å². The van der Waals surface area contributed by atoms with Gasteiger partial charge in [0.25, 0.3) is 0 Å². The van der Waals surface area contributed by atoms with Gasteiger partial charge in [0.15, 0.2) is 0 Å². The Morgan fingerprint density at radius 2 is 0.889 bits per heavy atom. The Morgan fingerprint density at radius 3 is 1.06 bits per heavy atom. The maximum absolute atomic E-state index is 8.01. The van der Waals surface area contributed by atoms with E-state index in [-0.39, 0.29) is 16.9 Å². The number of allylic oxidation sites excluding steroid dienone is 3. The molecule has 1 rings (SSSR count). The monoisotopic (exact) mass is 246 g/mol. The van der Waals surface area contributed by atoms with E-state index in [9.17, 15) is 0 Å². The first kappa shape index (κ1) is 13.7. The maximum Gasteiger partial charge on any atom is 0.208 e. The Morgan fingerprint density at radius 1 is 0.667 bits per heavy atom. The minimum absolute atomic E-state index is 0.0881. The van der Waals surface area contributed by atoms with Gasteiger partial charge in [-0.1, -0.05) is 18.2 Å². The van der Waals surface area contributed by atoms with Crippen LogP contribution < -0.4 is 16.9 Å². The van der Waals surface area contributed by atoms with Crippen molar-refractivity contribution in [2.45, 2.75) is 19.6 Å². The van der Waals surface area contributed by atoms with Crippen molar-refractivity contribution in [1.82, 2.24) is 13.7 Å². The Bertz CT molecular complexity index is 519. The lowest BCUT2D eigenvalue weighted by atomic mass is 10.5.